The highest BCUT2D eigenvalue weighted by Gasteiger charge is 2.72. The average molecular weight is 585 g/mol. The van der Waals surface area contributed by atoms with Gasteiger partial charge in [0.25, 0.3) is 5.91 Å². The van der Waals surface area contributed by atoms with Crippen molar-refractivity contribution in [3.05, 3.63) is 39.7 Å². The number of phenolic OH excluding ortho intramolecular Hbond substituents is 1. The summed E-state index contributed by atoms with van der Waals surface area (Å²) in [6.45, 7) is 10.5. The van der Waals surface area contributed by atoms with Gasteiger partial charge in [-0.3, -0.25) is 19.3 Å². The van der Waals surface area contributed by atoms with E-state index in [1.807, 2.05) is 25.1 Å². The molecule has 3 aliphatic rings. The Morgan fingerprint density at radius 3 is 2.21 bits per heavy atom. The number of aromatic hydroxyl groups is 1. The Labute approximate surface area is 246 Å². The van der Waals surface area contributed by atoms with E-state index in [0.29, 0.717) is 24.2 Å². The minimum Gasteiger partial charge on any atom is -0.508 e. The fourth-order valence-electron chi connectivity index (χ4n) is 7.53. The summed E-state index contributed by atoms with van der Waals surface area (Å²) >= 11 is 0. The van der Waals surface area contributed by atoms with E-state index >= 15 is 0 Å². The number of phenols is 1. The molecule has 0 aromatic heterocycles. The van der Waals surface area contributed by atoms with Crippen molar-refractivity contribution in [2.45, 2.75) is 65.6 Å². The fourth-order valence-corrected chi connectivity index (χ4v) is 7.53. The van der Waals surface area contributed by atoms with Crippen molar-refractivity contribution < 1.29 is 34.8 Å². The van der Waals surface area contributed by atoms with Gasteiger partial charge in [-0.2, -0.15) is 0 Å². The van der Waals surface area contributed by atoms with Gasteiger partial charge >= 0.3 is 0 Å². The van der Waals surface area contributed by atoms with E-state index in [2.05, 4.69) is 26.1 Å². The highest BCUT2D eigenvalue weighted by atomic mass is 16.3. The van der Waals surface area contributed by atoms with Gasteiger partial charge in [0.15, 0.2) is 11.4 Å². The van der Waals surface area contributed by atoms with Crippen LogP contribution < -0.4 is 16.0 Å². The van der Waals surface area contributed by atoms with Crippen LogP contribution in [0.3, 0.4) is 0 Å². The van der Waals surface area contributed by atoms with Gasteiger partial charge in [0.05, 0.1) is 11.6 Å². The third-order valence-electron chi connectivity index (χ3n) is 9.14. The number of benzene rings is 1. The largest absolute Gasteiger partial charge is 0.508 e. The number of ketones is 2. The van der Waals surface area contributed by atoms with Crippen molar-refractivity contribution in [3.63, 3.8) is 0 Å². The summed E-state index contributed by atoms with van der Waals surface area (Å²) in [6, 6.07) is 0.666. The highest BCUT2D eigenvalue weighted by Crippen LogP contribution is 2.63. The topological polar surface area (TPSA) is 177 Å². The molecule has 0 radical (unpaired) electrons. The van der Waals surface area contributed by atoms with Crippen LogP contribution in [-0.2, 0) is 27.3 Å². The Morgan fingerprint density at radius 1 is 1.12 bits per heavy atom. The van der Waals surface area contributed by atoms with Crippen LogP contribution in [0.1, 0.15) is 57.7 Å². The van der Waals surface area contributed by atoms with Crippen LogP contribution in [0, 0.1) is 16.2 Å². The van der Waals surface area contributed by atoms with Gasteiger partial charge < -0.3 is 36.4 Å². The van der Waals surface area contributed by atoms with Gasteiger partial charge in [0, 0.05) is 54.8 Å². The van der Waals surface area contributed by atoms with Gasteiger partial charge in [-0.1, -0.05) is 34.6 Å². The number of likely N-dealkylation sites (N-methyl/N-ethyl adjacent to an activating group) is 1. The second kappa shape index (κ2) is 9.82. The van der Waals surface area contributed by atoms with Crippen LogP contribution in [0.2, 0.25) is 0 Å². The molecule has 11 heteroatoms. The lowest BCUT2D eigenvalue weighted by atomic mass is 9.46. The Balaban J connectivity index is 2.01. The zero-order valence-corrected chi connectivity index (χ0v) is 26.0. The van der Waals surface area contributed by atoms with Crippen molar-refractivity contribution in [2.24, 2.45) is 22.0 Å². The Bertz CT molecular complexity index is 1450. The molecule has 0 heterocycles. The lowest BCUT2D eigenvalue weighted by molar-refractivity contribution is -0.175. The number of carbonyl (C=O) groups excluding carboxylic acids is 3. The number of nitrogens with one attached hydrogen (secondary N) is 1. The number of nitrogens with zero attached hydrogens (tertiary/aromatic N) is 2. The maximum absolute atomic E-state index is 14.4. The number of rotatable bonds is 6. The number of aliphatic hydroxyl groups is 3. The summed E-state index contributed by atoms with van der Waals surface area (Å²) in [5.41, 5.74) is 0.895. The molecule has 1 aromatic carbocycles. The molecule has 0 spiro atoms. The van der Waals surface area contributed by atoms with Crippen LogP contribution in [0.25, 0.3) is 5.76 Å². The molecule has 1 fully saturated rings. The molecule has 1 aromatic rings. The van der Waals surface area contributed by atoms with Gasteiger partial charge in [0.1, 0.15) is 22.8 Å². The number of hydrogen-bond donors (Lipinski definition) is 6. The molecule has 4 atom stereocenters. The highest BCUT2D eigenvalue weighted by molar-refractivity contribution is 6.25. The summed E-state index contributed by atoms with van der Waals surface area (Å²) in [6.07, 6.45) is 0.172. The van der Waals surface area contributed by atoms with Crippen molar-refractivity contribution in [2.75, 3.05) is 39.6 Å². The minimum atomic E-state index is -2.74. The molecule has 11 nitrogen and oxygen atoms in total. The predicted molar refractivity (Wildman–Crippen MR) is 159 cm³/mol. The average Bonchev–Trinajstić information content (AvgIpc) is 2.81. The number of carbonyl (C=O) groups is 3. The molecule has 7 N–H and O–H groups in total. The summed E-state index contributed by atoms with van der Waals surface area (Å²) in [5, 5.41) is 50.0. The van der Waals surface area contributed by atoms with Crippen LogP contribution in [0.15, 0.2) is 23.0 Å². The van der Waals surface area contributed by atoms with E-state index in [-0.39, 0.29) is 35.1 Å². The molecule has 0 aliphatic heterocycles. The predicted octanol–water partition coefficient (Wildman–Crippen LogP) is 1.95. The fraction of sp³-hybridized carbons (Fsp3) is 0.581. The van der Waals surface area contributed by atoms with Crippen molar-refractivity contribution in [1.82, 2.24) is 10.2 Å². The first-order valence-electron chi connectivity index (χ1n) is 14.0. The second-order valence-corrected chi connectivity index (χ2v) is 14.2. The summed E-state index contributed by atoms with van der Waals surface area (Å²) in [5.74, 6) is -4.92. The number of primary amides is 1. The van der Waals surface area contributed by atoms with Crippen LogP contribution >= 0.6 is 0 Å². The van der Waals surface area contributed by atoms with Gasteiger partial charge in [-0.15, -0.1) is 0 Å². The third-order valence-corrected chi connectivity index (χ3v) is 9.14. The van der Waals surface area contributed by atoms with E-state index in [0.717, 1.165) is 5.69 Å². The number of hydrogen-bond acceptors (Lipinski definition) is 10. The molecule has 0 bridgehead atoms. The molecule has 42 heavy (non-hydrogen) atoms. The first-order valence-corrected chi connectivity index (χ1v) is 14.0. The standard InChI is InChI=1S/C31H44N4O7/c1-28(2,3)14-33-12-15-10-17(34(6)7)16-11-29(4)13-30(5)24(35(8)9)23(38)19(27(32)41)25(39)31(30,42)26(40)20(29)22(37)18(16)21(15)36/h10,24,33,36-37,39,42H,11-14H2,1-9H3,(H2,32,41)/t24-,29+,30+,31-/m1/s1. The zero-order chi connectivity index (χ0) is 31.9. The van der Waals surface area contributed by atoms with Gasteiger partial charge in [-0.05, 0) is 44.0 Å². The molecule has 0 saturated heterocycles. The lowest BCUT2D eigenvalue weighted by Crippen LogP contribution is -2.72. The number of anilines is 1. The van der Waals surface area contributed by atoms with Crippen LogP contribution in [0.5, 0.6) is 5.75 Å². The molecule has 1 amide bonds. The normalized spacial score (nSPS) is 29.5. The maximum Gasteiger partial charge on any atom is 0.255 e. The third kappa shape index (κ3) is 4.32. The van der Waals surface area contributed by atoms with Crippen molar-refractivity contribution in [3.8, 4) is 5.75 Å². The Hall–Kier alpha value is -3.41. The van der Waals surface area contributed by atoms with Gasteiger partial charge in [-0.25, -0.2) is 0 Å². The van der Waals surface area contributed by atoms with E-state index in [1.165, 1.54) is 11.8 Å². The number of fused-ring (bicyclic) bond motifs is 3. The summed E-state index contributed by atoms with van der Waals surface area (Å²) in [4.78, 5) is 43.7. The minimum absolute atomic E-state index is 0.0121. The van der Waals surface area contributed by atoms with Crippen LogP contribution in [-0.4, -0.2) is 89.2 Å². The monoisotopic (exact) mass is 584 g/mol. The van der Waals surface area contributed by atoms with Crippen molar-refractivity contribution in [1.29, 1.82) is 0 Å². The van der Waals surface area contributed by atoms with Crippen LogP contribution in [0.4, 0.5) is 5.69 Å². The summed E-state index contributed by atoms with van der Waals surface area (Å²) < 4.78 is 0. The summed E-state index contributed by atoms with van der Waals surface area (Å²) in [7, 11) is 6.86. The van der Waals surface area contributed by atoms with Crippen molar-refractivity contribution >= 4 is 28.9 Å². The molecule has 1 saturated carbocycles. The van der Waals surface area contributed by atoms with Gasteiger partial charge in [0.2, 0.25) is 5.78 Å². The Morgan fingerprint density at radius 2 is 1.71 bits per heavy atom. The molecular formula is C31H44N4O7. The molecule has 3 aliphatic carbocycles. The van der Waals surface area contributed by atoms with E-state index < -0.39 is 57.0 Å². The number of Topliss-reactive ketones (excluding diaryl/α,β-unsaturated/α-hetero) is 2. The van der Waals surface area contributed by atoms with E-state index in [1.54, 1.807) is 21.0 Å². The number of amides is 1. The lowest BCUT2D eigenvalue weighted by Gasteiger charge is -2.59. The SMILES string of the molecule is CN(C)c1cc(CNCC(C)(C)C)c(O)c2c1C[C@@]1(C)C[C@@]3(C)[C@H](N(C)C)C(=O)C(C(N)=O)=C(O)[C@@]3(O)C(=O)C1=C2O. The Kier molecular flexibility index (Phi) is 7.37. The second-order valence-electron chi connectivity index (χ2n) is 14.2. The smallest absolute Gasteiger partial charge is 0.255 e. The van der Waals surface area contributed by atoms with E-state index in [4.69, 9.17) is 5.73 Å². The zero-order valence-electron chi connectivity index (χ0n) is 26.0. The quantitative estimate of drug-likeness (QED) is 0.271. The first kappa shape index (κ1) is 31.5. The maximum atomic E-state index is 14.4. The number of nitrogens with two attached hydrogens (primary N) is 1. The molecule has 4 rings (SSSR count). The number of aliphatic hydroxyl groups excluding tert-OH is 2. The molecule has 230 valence electrons. The first-order chi connectivity index (χ1) is 19.1. The molecule has 0 unspecified atom stereocenters. The molecular weight excluding hydrogens is 540 g/mol. The van der Waals surface area contributed by atoms with E-state index in [9.17, 15) is 34.8 Å².